The molecule has 1 atom stereocenters. The van der Waals surface area contributed by atoms with Crippen LogP contribution in [0.1, 0.15) is 12.8 Å². The molecule has 1 amide bonds. The van der Waals surface area contributed by atoms with E-state index in [-0.39, 0.29) is 17.0 Å². The molecule has 1 aromatic carbocycles. The van der Waals surface area contributed by atoms with E-state index < -0.39 is 11.6 Å². The zero-order chi connectivity index (χ0) is 16.0. The van der Waals surface area contributed by atoms with Crippen LogP contribution in [0.3, 0.4) is 0 Å². The van der Waals surface area contributed by atoms with Crippen LogP contribution in [0.5, 0.6) is 0 Å². The summed E-state index contributed by atoms with van der Waals surface area (Å²) in [6.45, 7) is 3.20. The highest BCUT2D eigenvalue weighted by Crippen LogP contribution is 2.34. The summed E-state index contributed by atoms with van der Waals surface area (Å²) in [4.78, 5) is 16.5. The van der Waals surface area contributed by atoms with Crippen LogP contribution in [-0.4, -0.2) is 55.5 Å². The number of amides is 1. The van der Waals surface area contributed by atoms with Gasteiger partial charge in [0.05, 0.1) is 30.8 Å². The molecule has 23 heavy (non-hydrogen) atoms. The third kappa shape index (κ3) is 2.63. The number of rotatable bonds is 2. The monoisotopic (exact) mass is 340 g/mol. The van der Waals surface area contributed by atoms with Gasteiger partial charge in [-0.1, -0.05) is 11.6 Å². The molecular formula is C16H18ClFN2O3. The van der Waals surface area contributed by atoms with Crippen molar-refractivity contribution in [3.63, 3.8) is 0 Å². The third-order valence-corrected chi connectivity index (χ3v) is 5.18. The topological polar surface area (TPSA) is 42.0 Å². The lowest BCUT2D eigenvalue weighted by molar-refractivity contribution is -0.147. The first-order valence-corrected chi connectivity index (χ1v) is 8.24. The molecule has 0 radical (unpaired) electrons. The van der Waals surface area contributed by atoms with Gasteiger partial charge in [0, 0.05) is 25.2 Å². The van der Waals surface area contributed by atoms with Gasteiger partial charge >= 0.3 is 0 Å². The zero-order valence-electron chi connectivity index (χ0n) is 12.6. The summed E-state index contributed by atoms with van der Waals surface area (Å²) >= 11 is 5.71. The van der Waals surface area contributed by atoms with E-state index in [0.29, 0.717) is 32.0 Å². The smallest absolute Gasteiger partial charge is 0.244 e. The predicted molar refractivity (Wildman–Crippen MR) is 83.0 cm³/mol. The Hall–Kier alpha value is -1.21. The van der Waals surface area contributed by atoms with E-state index in [4.69, 9.17) is 21.1 Å². The number of hydrogen-bond donors (Lipinski definition) is 0. The number of hydrogen-bond acceptors (Lipinski definition) is 4. The lowest BCUT2D eigenvalue weighted by Crippen LogP contribution is -2.43. The van der Waals surface area contributed by atoms with Crippen molar-refractivity contribution in [3.05, 3.63) is 29.0 Å². The van der Waals surface area contributed by atoms with Gasteiger partial charge in [-0.25, -0.2) is 4.39 Å². The number of ether oxygens (including phenoxy) is 2. The fourth-order valence-electron chi connectivity index (χ4n) is 3.69. The normalized spacial score (nSPS) is 27.5. The van der Waals surface area contributed by atoms with Crippen molar-refractivity contribution in [1.82, 2.24) is 4.90 Å². The van der Waals surface area contributed by atoms with Crippen molar-refractivity contribution in [2.45, 2.75) is 24.7 Å². The van der Waals surface area contributed by atoms with Crippen molar-refractivity contribution in [3.8, 4) is 0 Å². The summed E-state index contributed by atoms with van der Waals surface area (Å²) in [5, 5.41) is 0.0639. The second-order valence-corrected chi connectivity index (χ2v) is 6.63. The van der Waals surface area contributed by atoms with Gasteiger partial charge in [-0.3, -0.25) is 9.69 Å². The Morgan fingerprint density at radius 1 is 1.26 bits per heavy atom. The molecule has 0 saturated carbocycles. The second kappa shape index (κ2) is 5.70. The van der Waals surface area contributed by atoms with Crippen LogP contribution in [0.15, 0.2) is 18.2 Å². The number of anilines is 1. The highest BCUT2D eigenvalue weighted by Gasteiger charge is 2.48. The number of likely N-dealkylation sites (tertiary alicyclic amines) is 1. The Morgan fingerprint density at radius 2 is 2.04 bits per heavy atom. The average Bonchev–Trinajstić information content (AvgIpc) is 3.24. The Kier molecular flexibility index (Phi) is 3.80. The molecule has 1 spiro atoms. The molecule has 3 heterocycles. The number of benzene rings is 1. The Balaban J connectivity index is 1.48. The summed E-state index contributed by atoms with van der Waals surface area (Å²) in [5.74, 6) is -1.03. The molecule has 0 aromatic heterocycles. The number of carbonyl (C=O) groups is 1. The SMILES string of the molecule is O=C1C(N2CCC3(C2)OCCO3)CCN1c1ccc(Cl)c(F)c1. The minimum Gasteiger partial charge on any atom is -0.346 e. The van der Waals surface area contributed by atoms with Gasteiger partial charge in [0.1, 0.15) is 5.82 Å². The van der Waals surface area contributed by atoms with Crippen LogP contribution in [0, 0.1) is 5.82 Å². The number of carbonyl (C=O) groups excluding carboxylic acids is 1. The van der Waals surface area contributed by atoms with Gasteiger partial charge in [-0.2, -0.15) is 0 Å². The van der Waals surface area contributed by atoms with E-state index in [1.807, 2.05) is 0 Å². The maximum Gasteiger partial charge on any atom is 0.244 e. The molecule has 5 nitrogen and oxygen atoms in total. The molecule has 1 unspecified atom stereocenters. The van der Waals surface area contributed by atoms with Gasteiger partial charge in [0.2, 0.25) is 5.91 Å². The van der Waals surface area contributed by atoms with E-state index in [0.717, 1.165) is 19.4 Å². The Labute approximate surface area is 138 Å². The molecule has 3 saturated heterocycles. The fourth-order valence-corrected chi connectivity index (χ4v) is 3.81. The Bertz CT molecular complexity index is 636. The lowest BCUT2D eigenvalue weighted by atomic mass is 10.2. The zero-order valence-corrected chi connectivity index (χ0v) is 13.4. The summed E-state index contributed by atoms with van der Waals surface area (Å²) < 4.78 is 25.1. The van der Waals surface area contributed by atoms with Crippen LogP contribution < -0.4 is 4.90 Å². The first kappa shape index (κ1) is 15.3. The summed E-state index contributed by atoms with van der Waals surface area (Å²) in [6, 6.07) is 4.29. The highest BCUT2D eigenvalue weighted by molar-refractivity contribution is 6.30. The molecular weight excluding hydrogens is 323 g/mol. The molecule has 4 rings (SSSR count). The highest BCUT2D eigenvalue weighted by atomic mass is 35.5. The first-order valence-electron chi connectivity index (χ1n) is 7.86. The van der Waals surface area contributed by atoms with Crippen molar-refractivity contribution in [2.75, 3.05) is 37.7 Å². The van der Waals surface area contributed by atoms with Crippen molar-refractivity contribution >= 4 is 23.2 Å². The van der Waals surface area contributed by atoms with E-state index in [9.17, 15) is 9.18 Å². The molecule has 3 aliphatic rings. The molecule has 0 aliphatic carbocycles. The van der Waals surface area contributed by atoms with Crippen molar-refractivity contribution in [2.24, 2.45) is 0 Å². The second-order valence-electron chi connectivity index (χ2n) is 6.22. The lowest BCUT2D eigenvalue weighted by Gasteiger charge is -2.26. The summed E-state index contributed by atoms with van der Waals surface area (Å²) in [5.41, 5.74) is 0.557. The van der Waals surface area contributed by atoms with Crippen LogP contribution in [0.4, 0.5) is 10.1 Å². The molecule has 3 fully saturated rings. The van der Waals surface area contributed by atoms with Crippen molar-refractivity contribution in [1.29, 1.82) is 0 Å². The van der Waals surface area contributed by atoms with Crippen LogP contribution in [0.2, 0.25) is 5.02 Å². The number of nitrogens with zero attached hydrogens (tertiary/aromatic N) is 2. The van der Waals surface area contributed by atoms with E-state index in [2.05, 4.69) is 4.90 Å². The largest absolute Gasteiger partial charge is 0.346 e. The maximum atomic E-state index is 13.6. The minimum absolute atomic E-state index is 0.00164. The molecule has 0 bridgehead atoms. The average molecular weight is 341 g/mol. The third-order valence-electron chi connectivity index (χ3n) is 4.87. The Morgan fingerprint density at radius 3 is 2.78 bits per heavy atom. The van der Waals surface area contributed by atoms with Gasteiger partial charge in [0.25, 0.3) is 0 Å². The molecule has 7 heteroatoms. The van der Waals surface area contributed by atoms with Gasteiger partial charge in [-0.15, -0.1) is 0 Å². The molecule has 0 N–H and O–H groups in total. The van der Waals surface area contributed by atoms with Gasteiger partial charge < -0.3 is 14.4 Å². The summed E-state index contributed by atoms with van der Waals surface area (Å²) in [6.07, 6.45) is 1.51. The summed E-state index contributed by atoms with van der Waals surface area (Å²) in [7, 11) is 0. The van der Waals surface area contributed by atoms with E-state index >= 15 is 0 Å². The maximum absolute atomic E-state index is 13.6. The first-order chi connectivity index (χ1) is 11.1. The van der Waals surface area contributed by atoms with E-state index in [1.54, 1.807) is 11.0 Å². The standard InChI is InChI=1S/C16H18ClFN2O3/c17-12-2-1-11(9-13(12)18)20-5-3-14(15(20)21)19-6-4-16(10-19)22-7-8-23-16/h1-2,9,14H,3-8,10H2. The van der Waals surface area contributed by atoms with E-state index in [1.165, 1.54) is 12.1 Å². The molecule has 124 valence electrons. The van der Waals surface area contributed by atoms with Crippen molar-refractivity contribution < 1.29 is 18.7 Å². The van der Waals surface area contributed by atoms with Gasteiger partial charge in [-0.05, 0) is 24.6 Å². The van der Waals surface area contributed by atoms with Crippen LogP contribution in [0.25, 0.3) is 0 Å². The molecule has 1 aromatic rings. The molecule has 3 aliphatic heterocycles. The van der Waals surface area contributed by atoms with Crippen LogP contribution in [-0.2, 0) is 14.3 Å². The minimum atomic E-state index is -0.528. The quantitative estimate of drug-likeness (QED) is 0.826. The number of halogens is 2. The predicted octanol–water partition coefficient (Wildman–Crippen LogP) is 2.03. The van der Waals surface area contributed by atoms with Crippen LogP contribution >= 0.6 is 11.6 Å². The van der Waals surface area contributed by atoms with Gasteiger partial charge in [0.15, 0.2) is 5.79 Å². The fraction of sp³-hybridized carbons (Fsp3) is 0.562.